The summed E-state index contributed by atoms with van der Waals surface area (Å²) in [5.74, 6) is -0.867. The van der Waals surface area contributed by atoms with Crippen molar-refractivity contribution in [2.45, 2.75) is 38.6 Å². The molecule has 0 bridgehead atoms. The molecule has 8 heteroatoms. The quantitative estimate of drug-likeness (QED) is 0.736. The van der Waals surface area contributed by atoms with Gasteiger partial charge >= 0.3 is 6.09 Å². The first-order valence-electron chi connectivity index (χ1n) is 6.24. The van der Waals surface area contributed by atoms with Crippen molar-refractivity contribution in [3.05, 3.63) is 28.8 Å². The molecule has 2 atom stereocenters. The lowest BCUT2D eigenvalue weighted by Gasteiger charge is -2.22. The maximum atomic E-state index is 12.9. The molecule has 1 aromatic heterocycles. The molecule has 1 aromatic rings. The topological polar surface area (TPSA) is 91.7 Å². The summed E-state index contributed by atoms with van der Waals surface area (Å²) in [4.78, 5) is 14.8. The summed E-state index contributed by atoms with van der Waals surface area (Å²) in [5, 5.41) is 21.7. The fraction of sp³-hybridized carbons (Fsp3) is 0.538. The predicted molar refractivity (Wildman–Crippen MR) is 74.4 cm³/mol. The SMILES string of the molecule is CC(C)(C)OC(=O)NCC(O)C(O)c1cnc(F)c(Cl)c1. The maximum absolute atomic E-state index is 12.9. The summed E-state index contributed by atoms with van der Waals surface area (Å²) >= 11 is 5.54. The molecule has 0 fully saturated rings. The summed E-state index contributed by atoms with van der Waals surface area (Å²) in [6, 6.07) is 1.16. The number of ether oxygens (including phenoxy) is 1. The van der Waals surface area contributed by atoms with Crippen molar-refractivity contribution in [2.75, 3.05) is 6.54 Å². The number of nitrogens with zero attached hydrogens (tertiary/aromatic N) is 1. The van der Waals surface area contributed by atoms with Crippen LogP contribution in [-0.2, 0) is 4.74 Å². The van der Waals surface area contributed by atoms with Gasteiger partial charge in [-0.1, -0.05) is 11.6 Å². The van der Waals surface area contributed by atoms with E-state index in [9.17, 15) is 19.4 Å². The van der Waals surface area contributed by atoms with Crippen molar-refractivity contribution in [1.82, 2.24) is 10.3 Å². The minimum absolute atomic E-state index is 0.139. The molecule has 6 nitrogen and oxygen atoms in total. The van der Waals surface area contributed by atoms with Gasteiger partial charge in [-0.05, 0) is 26.8 Å². The number of nitrogens with one attached hydrogen (secondary N) is 1. The Hall–Kier alpha value is -1.44. The van der Waals surface area contributed by atoms with Gasteiger partial charge in [0.1, 0.15) is 17.8 Å². The molecule has 0 saturated carbocycles. The number of rotatable bonds is 4. The Morgan fingerprint density at radius 2 is 2.14 bits per heavy atom. The Balaban J connectivity index is 2.56. The van der Waals surface area contributed by atoms with Crippen LogP contribution in [0, 0.1) is 5.95 Å². The predicted octanol–water partition coefficient (Wildman–Crippen LogP) is 1.79. The number of aliphatic hydroxyl groups is 2. The van der Waals surface area contributed by atoms with Crippen LogP contribution in [-0.4, -0.2) is 39.5 Å². The van der Waals surface area contributed by atoms with E-state index < -0.39 is 29.8 Å². The van der Waals surface area contributed by atoms with Crippen LogP contribution in [0.4, 0.5) is 9.18 Å². The third-order valence-corrected chi connectivity index (χ3v) is 2.64. The van der Waals surface area contributed by atoms with E-state index in [2.05, 4.69) is 10.3 Å². The third-order valence-electron chi connectivity index (χ3n) is 2.38. The van der Waals surface area contributed by atoms with Crippen LogP contribution in [0.25, 0.3) is 0 Å². The average Bonchev–Trinajstić information content (AvgIpc) is 2.36. The van der Waals surface area contributed by atoms with Gasteiger partial charge in [-0.15, -0.1) is 0 Å². The molecule has 0 spiro atoms. The summed E-state index contributed by atoms with van der Waals surface area (Å²) in [6.07, 6.45) is -2.35. The van der Waals surface area contributed by atoms with Crippen molar-refractivity contribution in [3.8, 4) is 0 Å². The number of hydrogen-bond donors (Lipinski definition) is 3. The summed E-state index contributed by atoms with van der Waals surface area (Å²) < 4.78 is 17.9. The molecule has 0 aliphatic rings. The summed E-state index contributed by atoms with van der Waals surface area (Å²) in [6.45, 7) is 4.85. The third kappa shape index (κ3) is 5.82. The molecule has 118 valence electrons. The van der Waals surface area contributed by atoms with Crippen molar-refractivity contribution in [2.24, 2.45) is 0 Å². The fourth-order valence-electron chi connectivity index (χ4n) is 1.43. The van der Waals surface area contributed by atoms with E-state index in [-0.39, 0.29) is 17.1 Å². The van der Waals surface area contributed by atoms with Crippen molar-refractivity contribution in [3.63, 3.8) is 0 Å². The molecule has 0 radical (unpaired) electrons. The van der Waals surface area contributed by atoms with E-state index in [0.29, 0.717) is 0 Å². The number of aromatic nitrogens is 1. The van der Waals surface area contributed by atoms with E-state index in [4.69, 9.17) is 16.3 Å². The van der Waals surface area contributed by atoms with Crippen LogP contribution in [0.15, 0.2) is 12.3 Å². The number of alkyl carbamates (subject to hydrolysis) is 1. The second kappa shape index (κ2) is 7.02. The average molecular weight is 321 g/mol. The largest absolute Gasteiger partial charge is 0.444 e. The zero-order chi connectivity index (χ0) is 16.2. The van der Waals surface area contributed by atoms with Gasteiger partial charge in [-0.25, -0.2) is 9.78 Å². The Morgan fingerprint density at radius 3 is 2.67 bits per heavy atom. The van der Waals surface area contributed by atoms with E-state index in [1.54, 1.807) is 20.8 Å². The van der Waals surface area contributed by atoms with E-state index in [1.165, 1.54) is 0 Å². The smallest absolute Gasteiger partial charge is 0.407 e. The zero-order valence-electron chi connectivity index (χ0n) is 11.9. The minimum atomic E-state index is -1.37. The molecule has 1 rings (SSSR count). The molecule has 2 unspecified atom stereocenters. The Bertz CT molecular complexity index is 507. The van der Waals surface area contributed by atoms with Crippen molar-refractivity contribution in [1.29, 1.82) is 0 Å². The first kappa shape index (κ1) is 17.6. The second-order valence-corrected chi connectivity index (χ2v) is 5.84. The number of aliphatic hydroxyl groups excluding tert-OH is 2. The molecule has 21 heavy (non-hydrogen) atoms. The van der Waals surface area contributed by atoms with Crippen molar-refractivity contribution < 1.29 is 24.1 Å². The second-order valence-electron chi connectivity index (χ2n) is 5.44. The van der Waals surface area contributed by atoms with Gasteiger partial charge in [0.2, 0.25) is 5.95 Å². The normalized spacial score (nSPS) is 14.4. The number of carbonyl (C=O) groups is 1. The zero-order valence-corrected chi connectivity index (χ0v) is 12.7. The van der Waals surface area contributed by atoms with Gasteiger partial charge in [-0.3, -0.25) is 0 Å². The Morgan fingerprint density at radius 1 is 1.52 bits per heavy atom. The van der Waals surface area contributed by atoms with E-state index in [1.807, 2.05) is 0 Å². The van der Waals surface area contributed by atoms with Crippen molar-refractivity contribution >= 4 is 17.7 Å². The van der Waals surface area contributed by atoms with Gasteiger partial charge in [0.15, 0.2) is 0 Å². The van der Waals surface area contributed by atoms with Gasteiger partial charge in [0.05, 0.1) is 5.02 Å². The van der Waals surface area contributed by atoms with Crippen LogP contribution in [0.5, 0.6) is 0 Å². The lowest BCUT2D eigenvalue weighted by Crippen LogP contribution is -2.38. The molecule has 0 saturated heterocycles. The van der Waals surface area contributed by atoms with Gasteiger partial charge in [-0.2, -0.15) is 4.39 Å². The first-order valence-corrected chi connectivity index (χ1v) is 6.62. The van der Waals surface area contributed by atoms with Crippen LogP contribution in [0.2, 0.25) is 5.02 Å². The van der Waals surface area contributed by atoms with E-state index >= 15 is 0 Å². The molecular formula is C13H18ClFN2O4. The minimum Gasteiger partial charge on any atom is -0.444 e. The highest BCUT2D eigenvalue weighted by atomic mass is 35.5. The van der Waals surface area contributed by atoms with Gasteiger partial charge in [0.25, 0.3) is 0 Å². The van der Waals surface area contributed by atoms with Crippen LogP contribution in [0.3, 0.4) is 0 Å². The highest BCUT2D eigenvalue weighted by Crippen LogP contribution is 2.21. The fourth-order valence-corrected chi connectivity index (χ4v) is 1.61. The molecule has 0 aliphatic heterocycles. The van der Waals surface area contributed by atoms with Crippen LogP contribution >= 0.6 is 11.6 Å². The summed E-state index contributed by atoms with van der Waals surface area (Å²) in [7, 11) is 0. The van der Waals surface area contributed by atoms with Crippen LogP contribution in [0.1, 0.15) is 32.4 Å². The van der Waals surface area contributed by atoms with Gasteiger partial charge < -0.3 is 20.3 Å². The molecule has 1 heterocycles. The molecule has 1 amide bonds. The number of hydrogen-bond acceptors (Lipinski definition) is 5. The van der Waals surface area contributed by atoms with Crippen LogP contribution < -0.4 is 5.32 Å². The lowest BCUT2D eigenvalue weighted by atomic mass is 10.1. The number of halogens is 2. The Kier molecular flexibility index (Phi) is 5.88. The maximum Gasteiger partial charge on any atom is 0.407 e. The highest BCUT2D eigenvalue weighted by molar-refractivity contribution is 6.30. The lowest BCUT2D eigenvalue weighted by molar-refractivity contribution is 0.0127. The molecule has 0 aliphatic carbocycles. The summed E-state index contributed by atoms with van der Waals surface area (Å²) in [5.41, 5.74) is -0.526. The molecule has 0 aromatic carbocycles. The monoisotopic (exact) mass is 320 g/mol. The van der Waals surface area contributed by atoms with E-state index in [0.717, 1.165) is 12.3 Å². The highest BCUT2D eigenvalue weighted by Gasteiger charge is 2.22. The Labute approximate surface area is 126 Å². The molecule has 3 N–H and O–H groups in total. The number of carbonyl (C=O) groups excluding carboxylic acids is 1. The first-order chi connectivity index (χ1) is 9.60. The standard InChI is InChI=1S/C13H18ClFN2O4/c1-13(2,3)21-12(20)17-6-9(18)10(19)7-4-8(14)11(15)16-5-7/h4-5,9-10,18-19H,6H2,1-3H3,(H,17,20). The van der Waals surface area contributed by atoms with Gasteiger partial charge in [0, 0.05) is 18.3 Å². The number of pyridine rings is 1. The number of amides is 1. The molecular weight excluding hydrogens is 303 g/mol.